The zero-order valence-electron chi connectivity index (χ0n) is 17.1. The first-order valence-corrected chi connectivity index (χ1v) is 10.5. The highest BCUT2D eigenvalue weighted by atomic mass is 16.5. The van der Waals surface area contributed by atoms with E-state index in [9.17, 15) is 9.59 Å². The summed E-state index contributed by atoms with van der Waals surface area (Å²) >= 11 is 0. The van der Waals surface area contributed by atoms with E-state index in [1.807, 2.05) is 17.0 Å². The molecule has 2 aromatic rings. The lowest BCUT2D eigenvalue weighted by Gasteiger charge is -2.36. The summed E-state index contributed by atoms with van der Waals surface area (Å²) in [5.41, 5.74) is 1.58. The summed E-state index contributed by atoms with van der Waals surface area (Å²) in [6, 6.07) is 7.29. The van der Waals surface area contributed by atoms with Crippen LogP contribution in [0.2, 0.25) is 0 Å². The van der Waals surface area contributed by atoms with Crippen LogP contribution in [0, 0.1) is 0 Å². The summed E-state index contributed by atoms with van der Waals surface area (Å²) in [5.74, 6) is 0. The van der Waals surface area contributed by atoms with Gasteiger partial charge < -0.3 is 15.0 Å². The molecule has 0 spiro atoms. The average molecular weight is 412 g/mol. The lowest BCUT2D eigenvalue weighted by atomic mass is 10.1. The van der Waals surface area contributed by atoms with Gasteiger partial charge in [-0.3, -0.25) is 14.7 Å². The van der Waals surface area contributed by atoms with Gasteiger partial charge in [0.05, 0.1) is 12.2 Å². The maximum absolute atomic E-state index is 12.5. The second-order valence-electron chi connectivity index (χ2n) is 7.68. The Morgan fingerprint density at radius 3 is 2.50 bits per heavy atom. The van der Waals surface area contributed by atoms with Crippen molar-refractivity contribution in [2.75, 3.05) is 45.9 Å². The number of hydrogen-bond acceptors (Lipinski definition) is 6. The van der Waals surface area contributed by atoms with Gasteiger partial charge in [0, 0.05) is 76.0 Å². The predicted molar refractivity (Wildman–Crippen MR) is 112 cm³/mol. The first-order valence-electron chi connectivity index (χ1n) is 10.5. The number of aromatic nitrogens is 3. The fraction of sp³-hybridized carbons (Fsp3) is 0.524. The number of nitrogens with one attached hydrogen (secondary N) is 1. The maximum Gasteiger partial charge on any atom is 0.317 e. The van der Waals surface area contributed by atoms with E-state index in [0.29, 0.717) is 32.8 Å². The van der Waals surface area contributed by atoms with E-state index in [0.717, 1.165) is 43.7 Å². The molecule has 0 radical (unpaired) electrons. The summed E-state index contributed by atoms with van der Waals surface area (Å²) in [7, 11) is 0. The molecule has 2 aromatic heterocycles. The Bertz CT molecular complexity index is 889. The first-order chi connectivity index (χ1) is 14.7. The molecule has 4 rings (SSSR count). The molecule has 2 amide bonds. The minimum atomic E-state index is -0.109. The lowest BCUT2D eigenvalue weighted by Crippen LogP contribution is -2.54. The van der Waals surface area contributed by atoms with Gasteiger partial charge in [0.2, 0.25) is 0 Å². The van der Waals surface area contributed by atoms with Gasteiger partial charge in [0.1, 0.15) is 0 Å². The van der Waals surface area contributed by atoms with Crippen LogP contribution in [0.1, 0.15) is 12.8 Å². The molecule has 0 saturated carbocycles. The van der Waals surface area contributed by atoms with E-state index < -0.39 is 0 Å². The Morgan fingerprint density at radius 2 is 1.77 bits per heavy atom. The summed E-state index contributed by atoms with van der Waals surface area (Å²) in [5, 5.41) is 7.62. The monoisotopic (exact) mass is 412 g/mol. The number of amides is 2. The maximum atomic E-state index is 12.5. The number of piperazine rings is 1. The van der Waals surface area contributed by atoms with Crippen LogP contribution in [-0.4, -0.2) is 82.6 Å². The van der Waals surface area contributed by atoms with Gasteiger partial charge >= 0.3 is 6.03 Å². The van der Waals surface area contributed by atoms with Gasteiger partial charge in [-0.25, -0.2) is 9.48 Å². The van der Waals surface area contributed by atoms with Crippen LogP contribution < -0.4 is 10.9 Å². The van der Waals surface area contributed by atoms with Gasteiger partial charge in [0.15, 0.2) is 0 Å². The van der Waals surface area contributed by atoms with E-state index in [1.54, 1.807) is 24.5 Å². The number of nitrogens with zero attached hydrogens (tertiary/aromatic N) is 5. The molecule has 0 bridgehead atoms. The van der Waals surface area contributed by atoms with Gasteiger partial charge in [-0.05, 0) is 31.0 Å². The largest absolute Gasteiger partial charge is 0.381 e. The van der Waals surface area contributed by atoms with Crippen molar-refractivity contribution in [1.29, 1.82) is 0 Å². The van der Waals surface area contributed by atoms with E-state index in [-0.39, 0.29) is 17.6 Å². The third-order valence-corrected chi connectivity index (χ3v) is 5.68. The molecule has 30 heavy (non-hydrogen) atoms. The lowest BCUT2D eigenvalue weighted by molar-refractivity contribution is 0.0759. The topological polar surface area (TPSA) is 92.6 Å². The van der Waals surface area contributed by atoms with Crippen LogP contribution in [0.25, 0.3) is 11.3 Å². The Balaban J connectivity index is 1.26. The number of pyridine rings is 1. The minimum Gasteiger partial charge on any atom is -0.381 e. The molecule has 2 aliphatic rings. The first kappa shape index (κ1) is 20.5. The van der Waals surface area contributed by atoms with E-state index in [1.165, 1.54) is 4.68 Å². The molecule has 2 fully saturated rings. The number of carbonyl (C=O) groups excluding carboxylic acids is 1. The van der Waals surface area contributed by atoms with Crippen LogP contribution in [0.4, 0.5) is 4.79 Å². The number of rotatable bonds is 5. The van der Waals surface area contributed by atoms with Gasteiger partial charge in [-0.1, -0.05) is 0 Å². The molecule has 0 unspecified atom stereocenters. The molecule has 4 heterocycles. The second kappa shape index (κ2) is 9.82. The predicted octanol–water partition coefficient (Wildman–Crippen LogP) is 0.812. The third kappa shape index (κ3) is 5.22. The van der Waals surface area contributed by atoms with Crippen molar-refractivity contribution in [3.63, 3.8) is 0 Å². The number of hydrogen-bond donors (Lipinski definition) is 1. The quantitative estimate of drug-likeness (QED) is 0.781. The number of ether oxygens (including phenoxy) is 1. The van der Waals surface area contributed by atoms with Crippen molar-refractivity contribution in [2.45, 2.75) is 25.4 Å². The second-order valence-corrected chi connectivity index (χ2v) is 7.68. The molecule has 0 aliphatic carbocycles. The van der Waals surface area contributed by atoms with Crippen LogP contribution in [0.15, 0.2) is 41.5 Å². The van der Waals surface area contributed by atoms with Crippen molar-refractivity contribution < 1.29 is 9.53 Å². The number of urea groups is 1. The van der Waals surface area contributed by atoms with E-state index >= 15 is 0 Å². The molecule has 9 heteroatoms. The van der Waals surface area contributed by atoms with Crippen molar-refractivity contribution in [3.05, 3.63) is 47.0 Å². The summed E-state index contributed by atoms with van der Waals surface area (Å²) in [6.45, 7) is 5.64. The number of carbonyl (C=O) groups is 1. The van der Waals surface area contributed by atoms with Crippen molar-refractivity contribution >= 4 is 6.03 Å². The summed E-state index contributed by atoms with van der Waals surface area (Å²) in [6.07, 6.45) is 5.19. The average Bonchev–Trinajstić information content (AvgIpc) is 2.80. The zero-order chi connectivity index (χ0) is 20.8. The highest BCUT2D eigenvalue weighted by Gasteiger charge is 2.24. The Morgan fingerprint density at radius 1 is 1.03 bits per heavy atom. The Kier molecular flexibility index (Phi) is 6.70. The van der Waals surface area contributed by atoms with Crippen LogP contribution in [-0.2, 0) is 11.3 Å². The van der Waals surface area contributed by atoms with Gasteiger partial charge in [0.25, 0.3) is 5.56 Å². The zero-order valence-corrected chi connectivity index (χ0v) is 17.1. The molecule has 2 saturated heterocycles. The normalized spacial score (nSPS) is 18.3. The minimum absolute atomic E-state index is 0.0180. The Hall–Kier alpha value is -2.78. The van der Waals surface area contributed by atoms with Crippen molar-refractivity contribution in [2.24, 2.45) is 0 Å². The summed E-state index contributed by atoms with van der Waals surface area (Å²) < 4.78 is 6.86. The smallest absolute Gasteiger partial charge is 0.317 e. The molecular weight excluding hydrogens is 384 g/mol. The van der Waals surface area contributed by atoms with Gasteiger partial charge in [-0.15, -0.1) is 0 Å². The van der Waals surface area contributed by atoms with Crippen LogP contribution in [0.5, 0.6) is 0 Å². The molecule has 2 aliphatic heterocycles. The van der Waals surface area contributed by atoms with Crippen molar-refractivity contribution in [1.82, 2.24) is 29.9 Å². The molecule has 1 N–H and O–H groups in total. The standard InChI is InChI=1S/C21H28N6O3/c28-20-2-1-19(17-3-7-22-8-4-17)24-27(20)14-11-25-9-12-26(13-10-25)21(29)23-18-5-15-30-16-6-18/h1-4,7-8,18H,5-6,9-16H2,(H,23,29). The molecule has 0 aromatic carbocycles. The SMILES string of the molecule is O=C(NC1CCOCC1)N1CCN(CCn2nc(-c3ccncc3)ccc2=O)CC1. The summed E-state index contributed by atoms with van der Waals surface area (Å²) in [4.78, 5) is 32.8. The third-order valence-electron chi connectivity index (χ3n) is 5.68. The van der Waals surface area contributed by atoms with Crippen LogP contribution in [0.3, 0.4) is 0 Å². The van der Waals surface area contributed by atoms with Crippen molar-refractivity contribution in [3.8, 4) is 11.3 Å². The van der Waals surface area contributed by atoms with Gasteiger partial charge in [-0.2, -0.15) is 5.10 Å². The van der Waals surface area contributed by atoms with E-state index in [2.05, 4.69) is 20.3 Å². The highest BCUT2D eigenvalue weighted by molar-refractivity contribution is 5.74. The molecular formula is C21H28N6O3. The molecule has 0 atom stereocenters. The molecule has 9 nitrogen and oxygen atoms in total. The highest BCUT2D eigenvalue weighted by Crippen LogP contribution is 2.13. The molecule has 160 valence electrons. The van der Waals surface area contributed by atoms with Crippen LogP contribution >= 0.6 is 0 Å². The fourth-order valence-corrected chi connectivity index (χ4v) is 3.80. The van der Waals surface area contributed by atoms with E-state index in [4.69, 9.17) is 4.74 Å². The fourth-order valence-electron chi connectivity index (χ4n) is 3.80. The Labute approximate surface area is 175 Å².